The second-order valence-electron chi connectivity index (χ2n) is 29.4. The topological polar surface area (TPSA) is 0 Å². The fraction of sp³-hybridized carbons (Fsp3) is 0.0545. The minimum absolute atomic E-state index is 0.203. The summed E-state index contributed by atoms with van der Waals surface area (Å²) in [5, 5.41) is 14.8. The van der Waals surface area contributed by atoms with Crippen molar-refractivity contribution in [2.24, 2.45) is 0 Å². The molecule has 382 valence electrons. The number of rotatable bonds is 4. The van der Waals surface area contributed by atoms with Crippen LogP contribution >= 0.6 is 0 Å². The molecule has 87 heavy (non-hydrogen) atoms. The second kappa shape index (κ2) is 19.7. The van der Waals surface area contributed by atoms with Crippen LogP contribution in [0.1, 0.15) is 33.6 Å². The van der Waals surface area contributed by atoms with Crippen LogP contribution in [0.25, 0.3) is 87.2 Å². The van der Waals surface area contributed by atoms with Crippen molar-refractivity contribution in [2.45, 2.75) is 17.0 Å². The molecule has 0 spiro atoms. The highest BCUT2D eigenvalue weighted by Gasteiger charge is 2.55. The fourth-order valence-electron chi connectivity index (χ4n) is 20.4. The molecule has 32 heteroatoms. The molecule has 0 nitrogen and oxygen atoms in total. The van der Waals surface area contributed by atoms with Crippen LogP contribution in [0, 0.1) is 0 Å². The van der Waals surface area contributed by atoms with Crippen LogP contribution in [0.3, 0.4) is 0 Å². The average molecular weight is 1070 g/mol. The van der Waals surface area contributed by atoms with Gasteiger partial charge < -0.3 is 0 Å². The fourth-order valence-corrected chi connectivity index (χ4v) is 20.4. The first kappa shape index (κ1) is 61.2. The zero-order valence-corrected chi connectivity index (χ0v) is 59.7. The predicted molar refractivity (Wildman–Crippen MR) is 491 cm³/mol. The highest BCUT2D eigenvalue weighted by atomic mass is 14.5. The first-order valence-electron chi connectivity index (χ1n) is 33.1. The maximum absolute atomic E-state index is 2.60. The summed E-state index contributed by atoms with van der Waals surface area (Å²) in [7, 11) is 78.9. The molecule has 0 amide bonds. The van der Waals surface area contributed by atoms with Crippen molar-refractivity contribution in [1.82, 2.24) is 0 Å². The number of hydrogen-bond donors (Lipinski definition) is 0. The molecule has 10 aromatic rings. The lowest BCUT2D eigenvalue weighted by Gasteiger charge is -2.45. The van der Waals surface area contributed by atoms with E-state index in [0.717, 1.165) is 0 Å². The molecule has 0 aliphatic heterocycles. The number of fused-ring (bicyclic) bond motifs is 3. The van der Waals surface area contributed by atoms with Crippen molar-refractivity contribution >= 4 is 452 Å². The second-order valence-corrected chi connectivity index (χ2v) is 29.4. The van der Waals surface area contributed by atoms with Gasteiger partial charge >= 0.3 is 0 Å². The molecule has 0 aromatic heterocycles. The van der Waals surface area contributed by atoms with Crippen LogP contribution in [0.4, 0.5) is 0 Å². The summed E-state index contributed by atoms with van der Waals surface area (Å²) >= 11 is 0. The molecule has 3 atom stereocenters. The Kier molecular flexibility index (Phi) is 13.8. The lowest BCUT2D eigenvalue weighted by Crippen LogP contribution is -2.61. The zero-order chi connectivity index (χ0) is 63.7. The molecule has 0 fully saturated rings. The summed E-state index contributed by atoms with van der Waals surface area (Å²) in [6.45, 7) is 0. The van der Waals surface area contributed by atoms with Gasteiger partial charge in [0.15, 0.2) is 0 Å². The van der Waals surface area contributed by atoms with E-state index in [2.05, 4.69) is 251 Å². The van der Waals surface area contributed by atoms with Crippen LogP contribution < -0.4 is 147 Å². The maximum Gasteiger partial charge on any atom is 0.140 e. The van der Waals surface area contributed by atoms with Crippen LogP contribution in [0.15, 0.2) is 22.0 Å². The van der Waals surface area contributed by atoms with Gasteiger partial charge in [-0.1, -0.05) is 131 Å². The molecule has 0 heterocycles. The van der Waals surface area contributed by atoms with Crippen LogP contribution in [0.2, 0.25) is 5.82 Å². The highest BCUT2D eigenvalue weighted by molar-refractivity contribution is 6.77. The third-order valence-corrected chi connectivity index (χ3v) is 26.8. The Balaban J connectivity index is 1.30. The Morgan fingerprint density at radius 1 is 0.184 bits per heavy atom. The number of hydrogen-bond acceptors (Lipinski definition) is 0. The van der Waals surface area contributed by atoms with Gasteiger partial charge in [0.05, 0.1) is 5.41 Å². The van der Waals surface area contributed by atoms with Crippen LogP contribution in [0.5, 0.6) is 0 Å². The molecule has 0 bridgehead atoms. The number of benzene rings is 10. The van der Waals surface area contributed by atoms with E-state index in [1.807, 2.05) is 0 Å². The lowest BCUT2D eigenvalue weighted by molar-refractivity contribution is 0.747. The zero-order valence-electron chi connectivity index (χ0n) is 59.7. The van der Waals surface area contributed by atoms with E-state index >= 15 is 0 Å². The van der Waals surface area contributed by atoms with E-state index in [1.165, 1.54) is 268 Å². The van der Waals surface area contributed by atoms with Gasteiger partial charge in [-0.3, -0.25) is 0 Å². The highest BCUT2D eigenvalue weighted by Crippen LogP contribution is 2.60. The maximum atomic E-state index is 2.60. The molecule has 13 rings (SSSR count). The van der Waals surface area contributed by atoms with E-state index in [0.29, 0.717) is 0 Å². The van der Waals surface area contributed by atoms with Crippen molar-refractivity contribution in [1.29, 1.82) is 0 Å². The monoisotopic (exact) mass is 1080 g/mol. The molecule has 3 aliphatic carbocycles. The van der Waals surface area contributed by atoms with Gasteiger partial charge in [0.2, 0.25) is 0 Å². The third-order valence-electron chi connectivity index (χ3n) is 26.8. The van der Waals surface area contributed by atoms with Gasteiger partial charge in [-0.25, -0.2) is 0 Å². The van der Waals surface area contributed by atoms with Gasteiger partial charge in [-0.05, 0) is 127 Å². The van der Waals surface area contributed by atoms with Crippen molar-refractivity contribution in [2.75, 3.05) is 0 Å². The third kappa shape index (κ3) is 6.95. The molecule has 3 aliphatic rings. The van der Waals surface area contributed by atoms with E-state index in [1.54, 1.807) is 16.7 Å². The van der Waals surface area contributed by atoms with E-state index < -0.39 is 5.41 Å². The van der Waals surface area contributed by atoms with Gasteiger partial charge in [0, 0.05) is 0 Å². The summed E-state index contributed by atoms with van der Waals surface area (Å²) in [6, 6.07) is 0. The SMILES string of the molecule is BC1=C(B)C(B)C(C2(c3c(B)c(B)c(B)c(B)c3B)c3c(B)c(-c4c(B)c(B)c5c(B)c(B)c6c(B)c(B)c(B)c7c6c5c4C7B)c(B)c(B)c3-c3c(B)c(B)c(-c4c(B)c(B)c5c(B)c(B)c6c(B)c(B)c(B)c7c(B)c(B)c4c5c67)c(B)c32)=C1B. The molecular formula is C55H66B32. The van der Waals surface area contributed by atoms with Crippen LogP contribution in [-0.2, 0) is 5.41 Å². The first-order chi connectivity index (χ1) is 40.6. The minimum atomic E-state index is -0.656. The van der Waals surface area contributed by atoms with Gasteiger partial charge in [-0.2, -0.15) is 0 Å². The molecule has 3 unspecified atom stereocenters. The van der Waals surface area contributed by atoms with Crippen molar-refractivity contribution in [3.8, 4) is 33.4 Å². The van der Waals surface area contributed by atoms with E-state index in [4.69, 9.17) is 0 Å². The molecule has 0 N–H and O–H groups in total. The molecule has 0 saturated heterocycles. The smallest absolute Gasteiger partial charge is 0.118 e. The largest absolute Gasteiger partial charge is 0.140 e. The minimum Gasteiger partial charge on any atom is -0.118 e. The molecule has 10 aromatic carbocycles. The Hall–Kier alpha value is -4.68. The lowest BCUT2D eigenvalue weighted by atomic mass is 9.47. The first-order valence-corrected chi connectivity index (χ1v) is 33.1. The van der Waals surface area contributed by atoms with Gasteiger partial charge in [-0.15, -0.1) is 38.3 Å². The Morgan fingerprint density at radius 3 is 0.885 bits per heavy atom. The Morgan fingerprint density at radius 2 is 0.471 bits per heavy atom. The summed E-state index contributed by atoms with van der Waals surface area (Å²) in [6.07, 6.45) is 0. The summed E-state index contributed by atoms with van der Waals surface area (Å²) in [4.78, 5) is 0. The number of allylic oxidation sites excluding steroid dienone is 4. The quantitative estimate of drug-likeness (QED) is 0.122. The molecule has 0 saturated carbocycles. The van der Waals surface area contributed by atoms with Crippen molar-refractivity contribution in [3.05, 3.63) is 49.8 Å². The average Bonchev–Trinajstić information content (AvgIpc) is 1.59. The standard InChI is InChI=1S/C55H66B32/c56-23-5-1-3-11(23)40(73)48(81)41(74)14(3)36(69)34(67)12(1)31(64)27(60)7(5)17-24(57)19-9(29(62)38(17)71)10-20(55(19,21-44(77)50(83)51(84)45(21)78)22-46(79)52(85)54(87)53(86)47(22)80)25(58)18(39(72)30(10)63)8-6-2-4-15(33(66)26(6)59)42(75)49(82)43(76)16(4)37(70)35(68)13(2)32(65)28(8)61/h23,44H,56-87H2. The van der Waals surface area contributed by atoms with E-state index in [9.17, 15) is 0 Å². The normalized spacial score (nSPS) is 17.0. The summed E-state index contributed by atoms with van der Waals surface area (Å²) in [5.41, 5.74) is 60.4. The predicted octanol–water partition coefficient (Wildman–Crippen LogP) is -37.6. The molecular weight excluding hydrogens is 1010 g/mol. The summed E-state index contributed by atoms with van der Waals surface area (Å²) < 4.78 is 0. The van der Waals surface area contributed by atoms with Gasteiger partial charge in [0.25, 0.3) is 0 Å². The van der Waals surface area contributed by atoms with Crippen LogP contribution in [-0.4, -0.2) is 251 Å². The Bertz CT molecular complexity index is 5140. The van der Waals surface area contributed by atoms with Gasteiger partial charge in [0.1, 0.15) is 251 Å². The Labute approximate surface area is 548 Å². The van der Waals surface area contributed by atoms with Crippen molar-refractivity contribution < 1.29 is 0 Å². The summed E-state index contributed by atoms with van der Waals surface area (Å²) in [5.74, 6) is 0.437. The van der Waals surface area contributed by atoms with E-state index in [-0.39, 0.29) is 11.6 Å². The molecule has 0 radical (unpaired) electrons. The van der Waals surface area contributed by atoms with Crippen molar-refractivity contribution in [3.63, 3.8) is 0 Å².